The molecule has 126 valence electrons. The highest BCUT2D eigenvalue weighted by atomic mass is 35.5. The maximum Gasteiger partial charge on any atom is 0.176 e. The standard InChI is InChI=1S/C19H18ClN5/c1-13-17(20)19-22-18(15-8-3-4-9-16(15)25(19)23-13)24(2)12-10-14-7-5-6-11-21-14/h3-9,11H,10,12H2,1-2H3. The van der Waals surface area contributed by atoms with Gasteiger partial charge in [-0.3, -0.25) is 4.98 Å². The number of halogens is 1. The van der Waals surface area contributed by atoms with Crippen LogP contribution in [0.1, 0.15) is 11.4 Å². The van der Waals surface area contributed by atoms with E-state index in [9.17, 15) is 0 Å². The average molecular weight is 352 g/mol. The number of pyridine rings is 1. The number of anilines is 1. The molecule has 1 aromatic carbocycles. The first-order valence-corrected chi connectivity index (χ1v) is 8.57. The Balaban J connectivity index is 1.78. The molecule has 0 aliphatic heterocycles. The van der Waals surface area contributed by atoms with Gasteiger partial charge in [-0.1, -0.05) is 29.8 Å². The Morgan fingerprint density at radius 3 is 2.72 bits per heavy atom. The minimum absolute atomic E-state index is 0.602. The molecule has 0 atom stereocenters. The van der Waals surface area contributed by atoms with Gasteiger partial charge in [-0.2, -0.15) is 5.10 Å². The van der Waals surface area contributed by atoms with Crippen LogP contribution in [0.5, 0.6) is 0 Å². The first-order chi connectivity index (χ1) is 12.1. The van der Waals surface area contributed by atoms with E-state index in [0.717, 1.165) is 41.1 Å². The van der Waals surface area contributed by atoms with E-state index in [1.165, 1.54) is 0 Å². The first-order valence-electron chi connectivity index (χ1n) is 8.20. The van der Waals surface area contributed by atoms with Gasteiger partial charge in [-0.15, -0.1) is 0 Å². The molecular weight excluding hydrogens is 334 g/mol. The summed E-state index contributed by atoms with van der Waals surface area (Å²) < 4.78 is 1.82. The van der Waals surface area contributed by atoms with Crippen LogP contribution in [-0.2, 0) is 6.42 Å². The Morgan fingerprint density at radius 1 is 1.12 bits per heavy atom. The number of hydrogen-bond donors (Lipinski definition) is 0. The highest BCUT2D eigenvalue weighted by Gasteiger charge is 2.16. The molecule has 25 heavy (non-hydrogen) atoms. The van der Waals surface area contributed by atoms with Crippen LogP contribution in [0.4, 0.5) is 5.82 Å². The fourth-order valence-corrected chi connectivity index (χ4v) is 3.15. The van der Waals surface area contributed by atoms with Gasteiger partial charge in [0.2, 0.25) is 0 Å². The zero-order valence-electron chi connectivity index (χ0n) is 14.1. The van der Waals surface area contributed by atoms with Gasteiger partial charge >= 0.3 is 0 Å². The van der Waals surface area contributed by atoms with Crippen LogP contribution in [0.3, 0.4) is 0 Å². The lowest BCUT2D eigenvalue weighted by Gasteiger charge is -2.20. The number of benzene rings is 1. The van der Waals surface area contributed by atoms with E-state index in [-0.39, 0.29) is 0 Å². The minimum atomic E-state index is 0.602. The molecular formula is C19H18ClN5. The molecule has 5 nitrogen and oxygen atoms in total. The van der Waals surface area contributed by atoms with Gasteiger partial charge in [0.25, 0.3) is 0 Å². The van der Waals surface area contributed by atoms with Crippen LogP contribution in [0.15, 0.2) is 48.7 Å². The predicted molar refractivity (Wildman–Crippen MR) is 101 cm³/mol. The quantitative estimate of drug-likeness (QED) is 0.559. The average Bonchev–Trinajstić information content (AvgIpc) is 2.94. The number of rotatable bonds is 4. The fourth-order valence-electron chi connectivity index (χ4n) is 2.99. The Bertz CT molecular complexity index is 1040. The molecule has 0 N–H and O–H groups in total. The summed E-state index contributed by atoms with van der Waals surface area (Å²) in [7, 11) is 2.05. The summed E-state index contributed by atoms with van der Waals surface area (Å²) in [5.74, 6) is 0.904. The van der Waals surface area contributed by atoms with Crippen LogP contribution in [0, 0.1) is 6.92 Å². The number of fused-ring (bicyclic) bond motifs is 3. The molecule has 0 fully saturated rings. The molecule has 6 heteroatoms. The van der Waals surface area contributed by atoms with Gasteiger partial charge in [0, 0.05) is 37.3 Å². The van der Waals surface area contributed by atoms with E-state index in [0.29, 0.717) is 10.7 Å². The molecule has 0 amide bonds. The van der Waals surface area contributed by atoms with Crippen LogP contribution in [-0.4, -0.2) is 33.2 Å². The third-order valence-corrected chi connectivity index (χ3v) is 4.78. The van der Waals surface area contributed by atoms with Gasteiger partial charge in [-0.05, 0) is 31.2 Å². The number of likely N-dealkylation sites (N-methyl/N-ethyl adjacent to an activating group) is 1. The van der Waals surface area contributed by atoms with E-state index in [1.54, 1.807) is 0 Å². The van der Waals surface area contributed by atoms with Gasteiger partial charge in [-0.25, -0.2) is 9.50 Å². The minimum Gasteiger partial charge on any atom is -0.359 e. The lowest BCUT2D eigenvalue weighted by Crippen LogP contribution is -2.22. The molecule has 0 bridgehead atoms. The summed E-state index contributed by atoms with van der Waals surface area (Å²) in [5.41, 5.74) is 3.55. The lowest BCUT2D eigenvalue weighted by molar-refractivity contribution is 0.840. The second-order valence-electron chi connectivity index (χ2n) is 6.08. The van der Waals surface area contributed by atoms with E-state index in [4.69, 9.17) is 16.6 Å². The molecule has 3 aromatic heterocycles. The maximum absolute atomic E-state index is 6.42. The zero-order valence-corrected chi connectivity index (χ0v) is 14.9. The summed E-state index contributed by atoms with van der Waals surface area (Å²) in [6, 6.07) is 14.1. The highest BCUT2D eigenvalue weighted by Crippen LogP contribution is 2.29. The van der Waals surface area contributed by atoms with Crippen LogP contribution < -0.4 is 4.90 Å². The van der Waals surface area contributed by atoms with Gasteiger partial charge in [0.05, 0.1) is 11.2 Å². The number of hydrogen-bond acceptors (Lipinski definition) is 4. The van der Waals surface area contributed by atoms with E-state index < -0.39 is 0 Å². The Kier molecular flexibility index (Phi) is 4.01. The number of aryl methyl sites for hydroxylation is 1. The van der Waals surface area contributed by atoms with Crippen molar-refractivity contribution in [2.75, 3.05) is 18.5 Å². The number of aromatic nitrogens is 4. The smallest absolute Gasteiger partial charge is 0.176 e. The highest BCUT2D eigenvalue weighted by molar-refractivity contribution is 6.34. The van der Waals surface area contributed by atoms with Gasteiger partial charge < -0.3 is 4.90 Å². The lowest BCUT2D eigenvalue weighted by atomic mass is 10.2. The molecule has 0 spiro atoms. The number of para-hydroxylation sites is 1. The Morgan fingerprint density at radius 2 is 1.92 bits per heavy atom. The topological polar surface area (TPSA) is 46.3 Å². The second-order valence-corrected chi connectivity index (χ2v) is 6.46. The third kappa shape index (κ3) is 2.81. The van der Waals surface area contributed by atoms with Crippen molar-refractivity contribution in [2.45, 2.75) is 13.3 Å². The van der Waals surface area contributed by atoms with E-state index >= 15 is 0 Å². The number of nitrogens with zero attached hydrogens (tertiary/aromatic N) is 5. The van der Waals surface area contributed by atoms with Gasteiger partial charge in [0.1, 0.15) is 10.8 Å². The van der Waals surface area contributed by atoms with Crippen molar-refractivity contribution in [3.8, 4) is 0 Å². The Hall–Kier alpha value is -2.66. The summed E-state index contributed by atoms with van der Waals surface area (Å²) >= 11 is 6.42. The molecule has 0 saturated carbocycles. The van der Waals surface area contributed by atoms with Crippen molar-refractivity contribution in [2.24, 2.45) is 0 Å². The first kappa shape index (κ1) is 15.8. The molecule has 4 rings (SSSR count). The van der Waals surface area contributed by atoms with Crippen molar-refractivity contribution >= 4 is 34.0 Å². The van der Waals surface area contributed by atoms with E-state index in [1.807, 2.05) is 61.1 Å². The molecule has 3 heterocycles. The second kappa shape index (κ2) is 6.33. The summed E-state index contributed by atoms with van der Waals surface area (Å²) in [5, 5.41) is 6.18. The largest absolute Gasteiger partial charge is 0.359 e. The normalized spacial score (nSPS) is 11.3. The molecule has 0 radical (unpaired) electrons. The summed E-state index contributed by atoms with van der Waals surface area (Å²) in [4.78, 5) is 11.4. The zero-order chi connectivity index (χ0) is 17.4. The van der Waals surface area contributed by atoms with Crippen molar-refractivity contribution in [3.05, 3.63) is 65.1 Å². The van der Waals surface area contributed by atoms with Crippen molar-refractivity contribution < 1.29 is 0 Å². The predicted octanol–water partition coefficient (Wildman–Crippen LogP) is 3.92. The monoisotopic (exact) mass is 351 g/mol. The molecule has 0 aliphatic rings. The SMILES string of the molecule is Cc1nn2c(nc(N(C)CCc3ccccn3)c3ccccc32)c1Cl. The van der Waals surface area contributed by atoms with Crippen molar-refractivity contribution in [1.29, 1.82) is 0 Å². The van der Waals surface area contributed by atoms with Crippen LogP contribution in [0.25, 0.3) is 16.6 Å². The van der Waals surface area contributed by atoms with Gasteiger partial charge in [0.15, 0.2) is 5.65 Å². The Labute approximate surface area is 150 Å². The summed E-state index contributed by atoms with van der Waals surface area (Å²) in [6.07, 6.45) is 2.68. The maximum atomic E-state index is 6.42. The molecule has 0 saturated heterocycles. The van der Waals surface area contributed by atoms with Crippen LogP contribution in [0.2, 0.25) is 5.02 Å². The van der Waals surface area contributed by atoms with E-state index in [2.05, 4.69) is 21.0 Å². The van der Waals surface area contributed by atoms with Crippen molar-refractivity contribution in [3.63, 3.8) is 0 Å². The molecule has 0 aliphatic carbocycles. The van der Waals surface area contributed by atoms with Crippen molar-refractivity contribution in [1.82, 2.24) is 19.6 Å². The molecule has 4 aromatic rings. The van der Waals surface area contributed by atoms with Crippen LogP contribution >= 0.6 is 11.6 Å². The summed E-state index contributed by atoms with van der Waals surface area (Å²) in [6.45, 7) is 2.71. The molecule has 0 unspecified atom stereocenters. The fraction of sp³-hybridized carbons (Fsp3) is 0.211. The third-order valence-electron chi connectivity index (χ3n) is 4.34.